The molecule has 0 spiro atoms. The first kappa shape index (κ1) is 21.6. The van der Waals surface area contributed by atoms with Gasteiger partial charge in [0.15, 0.2) is 11.5 Å². The van der Waals surface area contributed by atoms with Crippen molar-refractivity contribution in [2.24, 2.45) is 0 Å². The number of anilines is 1. The molecule has 3 aromatic rings. The number of carbonyl (C=O) groups is 1. The molecule has 4 rings (SSSR count). The summed E-state index contributed by atoms with van der Waals surface area (Å²) in [6, 6.07) is 18.6. The Kier molecular flexibility index (Phi) is 6.56. The number of carbonyl (C=O) groups excluding carboxylic acids is 1. The Morgan fingerprint density at radius 3 is 2.75 bits per heavy atom. The summed E-state index contributed by atoms with van der Waals surface area (Å²) in [6.07, 6.45) is 1.44. The Labute approximate surface area is 197 Å². The molecule has 3 aromatic carbocycles. The topological polar surface area (TPSA) is 80.6 Å². The fourth-order valence-electron chi connectivity index (χ4n) is 2.98. The molecule has 1 heterocycles. The molecule has 0 unspecified atom stereocenters. The SMILES string of the molecule is N#C/C(=C/c1ccc(OCc2ccc3c(c2)OCO3)c(I)c1)C(=O)Nc1ccccc1F. The summed E-state index contributed by atoms with van der Waals surface area (Å²) < 4.78 is 31.1. The number of nitrogens with zero attached hydrogens (tertiary/aromatic N) is 1. The van der Waals surface area contributed by atoms with Crippen molar-refractivity contribution in [3.8, 4) is 23.3 Å². The molecule has 0 aromatic heterocycles. The van der Waals surface area contributed by atoms with E-state index < -0.39 is 11.7 Å². The lowest BCUT2D eigenvalue weighted by Gasteiger charge is -2.10. The minimum absolute atomic E-state index is 0.0143. The Morgan fingerprint density at radius 1 is 1.16 bits per heavy atom. The number of hydrogen-bond acceptors (Lipinski definition) is 5. The lowest BCUT2D eigenvalue weighted by molar-refractivity contribution is -0.112. The average Bonchev–Trinajstić information content (AvgIpc) is 3.26. The minimum Gasteiger partial charge on any atom is -0.488 e. The van der Waals surface area contributed by atoms with Crippen molar-refractivity contribution in [3.05, 3.63) is 86.8 Å². The first-order valence-corrected chi connectivity index (χ1v) is 10.6. The predicted molar refractivity (Wildman–Crippen MR) is 125 cm³/mol. The third-order valence-corrected chi connectivity index (χ3v) is 5.43. The highest BCUT2D eigenvalue weighted by Gasteiger charge is 2.14. The molecule has 1 aliphatic heterocycles. The zero-order valence-corrected chi connectivity index (χ0v) is 18.8. The van der Waals surface area contributed by atoms with Gasteiger partial charge in [-0.1, -0.05) is 24.3 Å². The van der Waals surface area contributed by atoms with Crippen molar-refractivity contribution < 1.29 is 23.4 Å². The van der Waals surface area contributed by atoms with Crippen molar-refractivity contribution in [1.82, 2.24) is 0 Å². The van der Waals surface area contributed by atoms with Gasteiger partial charge >= 0.3 is 0 Å². The van der Waals surface area contributed by atoms with Crippen molar-refractivity contribution in [2.75, 3.05) is 12.1 Å². The zero-order chi connectivity index (χ0) is 22.5. The molecule has 0 saturated carbocycles. The summed E-state index contributed by atoms with van der Waals surface area (Å²) in [6.45, 7) is 0.561. The summed E-state index contributed by atoms with van der Waals surface area (Å²) >= 11 is 2.13. The van der Waals surface area contributed by atoms with Crippen LogP contribution in [0.5, 0.6) is 17.2 Å². The Hall–Kier alpha value is -3.58. The van der Waals surface area contributed by atoms with Crippen LogP contribution in [0.25, 0.3) is 6.08 Å². The van der Waals surface area contributed by atoms with Crippen molar-refractivity contribution in [2.45, 2.75) is 6.61 Å². The van der Waals surface area contributed by atoms with E-state index in [1.807, 2.05) is 24.3 Å². The molecule has 1 aliphatic rings. The number of fused-ring (bicyclic) bond motifs is 1. The van der Waals surface area contributed by atoms with Crippen LogP contribution >= 0.6 is 22.6 Å². The van der Waals surface area contributed by atoms with Crippen LogP contribution in [-0.4, -0.2) is 12.7 Å². The molecule has 1 N–H and O–H groups in total. The normalized spacial score (nSPS) is 12.2. The molecule has 8 heteroatoms. The number of nitrogens with one attached hydrogen (secondary N) is 1. The van der Waals surface area contributed by atoms with Crippen LogP contribution in [0.4, 0.5) is 10.1 Å². The van der Waals surface area contributed by atoms with Crippen LogP contribution < -0.4 is 19.5 Å². The van der Waals surface area contributed by atoms with Gasteiger partial charge in [0, 0.05) is 0 Å². The number of rotatable bonds is 6. The molecule has 0 atom stereocenters. The van der Waals surface area contributed by atoms with Crippen LogP contribution in [0.15, 0.2) is 66.2 Å². The second-order valence-electron chi connectivity index (χ2n) is 6.77. The molecule has 0 aliphatic carbocycles. The molecule has 0 bridgehead atoms. The van der Waals surface area contributed by atoms with Gasteiger partial charge in [0.25, 0.3) is 5.91 Å². The fraction of sp³-hybridized carbons (Fsp3) is 0.0833. The van der Waals surface area contributed by atoms with E-state index in [0.29, 0.717) is 29.4 Å². The second kappa shape index (κ2) is 9.70. The first-order valence-electron chi connectivity index (χ1n) is 9.52. The molecular weight excluding hydrogens is 526 g/mol. The summed E-state index contributed by atoms with van der Waals surface area (Å²) in [5, 5.41) is 11.8. The maximum absolute atomic E-state index is 13.8. The van der Waals surface area contributed by atoms with Gasteiger partial charge in [-0.25, -0.2) is 4.39 Å². The first-order chi connectivity index (χ1) is 15.5. The van der Waals surface area contributed by atoms with Gasteiger partial charge in [-0.15, -0.1) is 0 Å². The highest BCUT2D eigenvalue weighted by atomic mass is 127. The fourth-order valence-corrected chi connectivity index (χ4v) is 3.68. The van der Waals surface area contributed by atoms with E-state index in [4.69, 9.17) is 14.2 Å². The van der Waals surface area contributed by atoms with Crippen molar-refractivity contribution in [1.29, 1.82) is 5.26 Å². The molecule has 0 radical (unpaired) electrons. The Bertz CT molecular complexity index is 1250. The van der Waals surface area contributed by atoms with Crippen LogP contribution in [0.1, 0.15) is 11.1 Å². The summed E-state index contributed by atoms with van der Waals surface area (Å²) in [5.41, 5.74) is 1.45. The highest BCUT2D eigenvalue weighted by molar-refractivity contribution is 14.1. The maximum Gasteiger partial charge on any atom is 0.266 e. The number of nitriles is 1. The number of halogens is 2. The lowest BCUT2D eigenvalue weighted by Crippen LogP contribution is -2.14. The molecule has 32 heavy (non-hydrogen) atoms. The van der Waals surface area contributed by atoms with Gasteiger partial charge in [-0.2, -0.15) is 5.26 Å². The van der Waals surface area contributed by atoms with E-state index in [-0.39, 0.29) is 18.1 Å². The van der Waals surface area contributed by atoms with Crippen molar-refractivity contribution >= 4 is 40.3 Å². The highest BCUT2D eigenvalue weighted by Crippen LogP contribution is 2.33. The molecule has 1 amide bonds. The predicted octanol–water partition coefficient (Wildman–Crippen LogP) is 5.28. The van der Waals surface area contributed by atoms with Gasteiger partial charge in [-0.3, -0.25) is 4.79 Å². The van der Waals surface area contributed by atoms with E-state index in [1.165, 1.54) is 24.3 Å². The summed E-state index contributed by atoms with van der Waals surface area (Å²) in [7, 11) is 0. The van der Waals surface area contributed by atoms with E-state index in [9.17, 15) is 14.4 Å². The van der Waals surface area contributed by atoms with Crippen LogP contribution in [-0.2, 0) is 11.4 Å². The van der Waals surface area contributed by atoms with E-state index in [0.717, 1.165) is 9.13 Å². The molecule has 160 valence electrons. The quantitative estimate of drug-likeness (QED) is 0.261. The Balaban J connectivity index is 1.44. The van der Waals surface area contributed by atoms with Crippen LogP contribution in [0.3, 0.4) is 0 Å². The second-order valence-corrected chi connectivity index (χ2v) is 7.93. The maximum atomic E-state index is 13.8. The van der Waals surface area contributed by atoms with Crippen LogP contribution in [0.2, 0.25) is 0 Å². The number of ether oxygens (including phenoxy) is 3. The van der Waals surface area contributed by atoms with Gasteiger partial charge in [0.05, 0.1) is 9.26 Å². The van der Waals surface area contributed by atoms with Crippen molar-refractivity contribution in [3.63, 3.8) is 0 Å². The van der Waals surface area contributed by atoms with Gasteiger partial charge in [-0.05, 0) is 76.2 Å². The number of benzene rings is 3. The van der Waals surface area contributed by atoms with Gasteiger partial charge in [0.2, 0.25) is 6.79 Å². The number of hydrogen-bond donors (Lipinski definition) is 1. The molecule has 0 fully saturated rings. The molecule has 0 saturated heterocycles. The lowest BCUT2D eigenvalue weighted by atomic mass is 10.1. The third kappa shape index (κ3) is 5.00. The summed E-state index contributed by atoms with van der Waals surface area (Å²) in [5.74, 6) is 0.813. The smallest absolute Gasteiger partial charge is 0.266 e. The zero-order valence-electron chi connectivity index (χ0n) is 16.6. The average molecular weight is 542 g/mol. The van der Waals surface area contributed by atoms with E-state index >= 15 is 0 Å². The minimum atomic E-state index is -0.684. The van der Waals surface area contributed by atoms with Gasteiger partial charge < -0.3 is 19.5 Å². The molecule has 6 nitrogen and oxygen atoms in total. The van der Waals surface area contributed by atoms with Crippen LogP contribution in [0, 0.1) is 20.7 Å². The van der Waals surface area contributed by atoms with Gasteiger partial charge in [0.1, 0.15) is 29.8 Å². The van der Waals surface area contributed by atoms with E-state index in [1.54, 1.807) is 24.3 Å². The monoisotopic (exact) mass is 542 g/mol. The standard InChI is InChI=1S/C24H16FIN2O4/c25-18-3-1-2-4-20(18)28-24(29)17(12-27)9-15-5-7-21(19(26)10-15)30-13-16-6-8-22-23(11-16)32-14-31-22/h1-11H,13-14H2,(H,28,29)/b17-9-. The third-order valence-electron chi connectivity index (χ3n) is 4.59. The molecular formula is C24H16FIN2O4. The van der Waals surface area contributed by atoms with E-state index in [2.05, 4.69) is 27.9 Å². The summed E-state index contributed by atoms with van der Waals surface area (Å²) in [4.78, 5) is 12.4. The Morgan fingerprint density at radius 2 is 1.97 bits per heavy atom. The number of para-hydroxylation sites is 1. The number of amides is 1. The largest absolute Gasteiger partial charge is 0.488 e.